The number of ether oxygens (including phenoxy) is 1. The summed E-state index contributed by atoms with van der Waals surface area (Å²) in [6, 6.07) is -0.212. The van der Waals surface area contributed by atoms with Gasteiger partial charge in [-0.1, -0.05) is 12.8 Å². The van der Waals surface area contributed by atoms with Gasteiger partial charge in [-0.05, 0) is 12.8 Å². The zero-order chi connectivity index (χ0) is 11.3. The van der Waals surface area contributed by atoms with Crippen molar-refractivity contribution in [2.24, 2.45) is 0 Å². The Hall–Kier alpha value is -1.10. The summed E-state index contributed by atoms with van der Waals surface area (Å²) in [6.45, 7) is 0. The number of methoxy groups -OCH3 is 1. The first-order valence-corrected chi connectivity index (χ1v) is 5.17. The van der Waals surface area contributed by atoms with Crippen molar-refractivity contribution in [1.82, 2.24) is 5.32 Å². The summed E-state index contributed by atoms with van der Waals surface area (Å²) < 4.78 is 4.37. The van der Waals surface area contributed by atoms with Crippen LogP contribution in [0.4, 0.5) is 0 Å². The van der Waals surface area contributed by atoms with Gasteiger partial charge in [0.15, 0.2) is 0 Å². The molecule has 0 radical (unpaired) electrons. The summed E-state index contributed by atoms with van der Waals surface area (Å²) in [5.41, 5.74) is 0. The second-order valence-electron chi connectivity index (χ2n) is 3.78. The van der Waals surface area contributed by atoms with Gasteiger partial charge in [-0.2, -0.15) is 0 Å². The molecule has 1 aliphatic rings. The molecule has 1 amide bonds. The summed E-state index contributed by atoms with van der Waals surface area (Å²) in [5.74, 6) is -0.939. The summed E-state index contributed by atoms with van der Waals surface area (Å²) >= 11 is 0. The van der Waals surface area contributed by atoms with Gasteiger partial charge in [0, 0.05) is 0 Å². The van der Waals surface area contributed by atoms with Crippen molar-refractivity contribution in [3.8, 4) is 0 Å². The van der Waals surface area contributed by atoms with E-state index in [-0.39, 0.29) is 18.4 Å². The zero-order valence-electron chi connectivity index (χ0n) is 8.86. The molecule has 0 aliphatic heterocycles. The highest BCUT2D eigenvalue weighted by molar-refractivity contribution is 5.94. The molecule has 0 aromatic carbocycles. The van der Waals surface area contributed by atoms with E-state index in [1.807, 2.05) is 0 Å². The van der Waals surface area contributed by atoms with Gasteiger partial charge in [-0.15, -0.1) is 0 Å². The van der Waals surface area contributed by atoms with Crippen molar-refractivity contribution in [2.75, 3.05) is 7.11 Å². The third-order valence-corrected chi connectivity index (χ3v) is 2.61. The molecule has 2 N–H and O–H groups in total. The van der Waals surface area contributed by atoms with Crippen LogP contribution in [-0.4, -0.2) is 36.2 Å². The van der Waals surface area contributed by atoms with E-state index in [2.05, 4.69) is 10.1 Å². The average Bonchev–Trinajstić information content (AvgIpc) is 2.21. The minimum absolute atomic E-state index is 0.212. The van der Waals surface area contributed by atoms with Crippen LogP contribution in [0.25, 0.3) is 0 Å². The Labute approximate surface area is 88.8 Å². The lowest BCUT2D eigenvalue weighted by Gasteiger charge is -2.28. The summed E-state index contributed by atoms with van der Waals surface area (Å²) in [5, 5.41) is 12.2. The van der Waals surface area contributed by atoms with Gasteiger partial charge in [-0.25, -0.2) is 0 Å². The molecule has 0 aromatic rings. The van der Waals surface area contributed by atoms with Crippen LogP contribution in [0.3, 0.4) is 0 Å². The molecule has 1 saturated carbocycles. The number of nitrogens with one attached hydrogen (secondary N) is 1. The normalized spacial score (nSPS) is 25.7. The number of amides is 1. The molecule has 2 atom stereocenters. The number of hydrogen-bond acceptors (Lipinski definition) is 4. The molecule has 86 valence electrons. The van der Waals surface area contributed by atoms with E-state index in [1.54, 1.807) is 0 Å². The van der Waals surface area contributed by atoms with Crippen molar-refractivity contribution in [3.05, 3.63) is 0 Å². The molecular formula is C10H17NO4. The van der Waals surface area contributed by atoms with E-state index in [0.717, 1.165) is 19.3 Å². The number of esters is 1. The molecule has 1 fully saturated rings. The Balaban J connectivity index is 2.33. The number of hydrogen-bond donors (Lipinski definition) is 2. The van der Waals surface area contributed by atoms with Crippen LogP contribution in [-0.2, 0) is 14.3 Å². The molecule has 0 bridgehead atoms. The predicted octanol–water partition coefficient (Wildman–Crippen LogP) is -0.0308. The van der Waals surface area contributed by atoms with Crippen molar-refractivity contribution < 1.29 is 19.4 Å². The van der Waals surface area contributed by atoms with E-state index in [4.69, 9.17) is 0 Å². The molecule has 1 aliphatic carbocycles. The van der Waals surface area contributed by atoms with Gasteiger partial charge in [0.05, 0.1) is 19.3 Å². The molecule has 0 saturated heterocycles. The first kappa shape index (κ1) is 12.0. The van der Waals surface area contributed by atoms with E-state index >= 15 is 0 Å². The first-order chi connectivity index (χ1) is 7.13. The lowest BCUT2D eigenvalue weighted by Crippen LogP contribution is -2.45. The largest absolute Gasteiger partial charge is 0.469 e. The van der Waals surface area contributed by atoms with E-state index in [9.17, 15) is 14.7 Å². The maximum absolute atomic E-state index is 11.3. The van der Waals surface area contributed by atoms with Gasteiger partial charge >= 0.3 is 5.97 Å². The summed E-state index contributed by atoms with van der Waals surface area (Å²) in [7, 11) is 1.24. The summed E-state index contributed by atoms with van der Waals surface area (Å²) in [4.78, 5) is 22.1. The molecule has 0 unspecified atom stereocenters. The van der Waals surface area contributed by atoms with E-state index in [0.29, 0.717) is 6.42 Å². The van der Waals surface area contributed by atoms with Crippen LogP contribution in [0.15, 0.2) is 0 Å². The van der Waals surface area contributed by atoms with Crippen molar-refractivity contribution in [3.63, 3.8) is 0 Å². The zero-order valence-corrected chi connectivity index (χ0v) is 8.86. The van der Waals surface area contributed by atoms with Crippen molar-refractivity contribution >= 4 is 11.9 Å². The fourth-order valence-electron chi connectivity index (χ4n) is 1.74. The van der Waals surface area contributed by atoms with Crippen molar-refractivity contribution in [2.45, 2.75) is 44.2 Å². The van der Waals surface area contributed by atoms with Crippen LogP contribution in [0, 0.1) is 0 Å². The fraction of sp³-hybridized carbons (Fsp3) is 0.800. The molecular weight excluding hydrogens is 198 g/mol. The number of carbonyl (C=O) groups excluding carboxylic acids is 2. The molecule has 5 nitrogen and oxygen atoms in total. The van der Waals surface area contributed by atoms with Crippen LogP contribution < -0.4 is 5.32 Å². The molecule has 0 spiro atoms. The van der Waals surface area contributed by atoms with Crippen molar-refractivity contribution in [1.29, 1.82) is 0 Å². The molecule has 5 heteroatoms. The predicted molar refractivity (Wildman–Crippen MR) is 53.0 cm³/mol. The SMILES string of the molecule is COC(=O)CC(=O)N[C@@H]1CCCC[C@H]1O. The lowest BCUT2D eigenvalue weighted by molar-refractivity contribution is -0.144. The van der Waals surface area contributed by atoms with E-state index in [1.165, 1.54) is 7.11 Å². The molecule has 0 heterocycles. The van der Waals surface area contributed by atoms with Crippen LogP contribution in [0.1, 0.15) is 32.1 Å². The topological polar surface area (TPSA) is 75.6 Å². The Morgan fingerprint density at radius 2 is 2.07 bits per heavy atom. The van der Waals surface area contributed by atoms with Gasteiger partial charge in [0.25, 0.3) is 0 Å². The third-order valence-electron chi connectivity index (χ3n) is 2.61. The highest BCUT2D eigenvalue weighted by Crippen LogP contribution is 2.18. The maximum atomic E-state index is 11.3. The third kappa shape index (κ3) is 3.87. The Morgan fingerprint density at radius 3 is 2.67 bits per heavy atom. The van der Waals surface area contributed by atoms with Gasteiger partial charge in [0.1, 0.15) is 6.42 Å². The maximum Gasteiger partial charge on any atom is 0.315 e. The van der Waals surface area contributed by atoms with Gasteiger partial charge < -0.3 is 15.2 Å². The molecule has 15 heavy (non-hydrogen) atoms. The average molecular weight is 215 g/mol. The Morgan fingerprint density at radius 1 is 1.40 bits per heavy atom. The number of rotatable bonds is 3. The Kier molecular flexibility index (Phi) is 4.55. The highest BCUT2D eigenvalue weighted by atomic mass is 16.5. The highest BCUT2D eigenvalue weighted by Gasteiger charge is 2.24. The first-order valence-electron chi connectivity index (χ1n) is 5.17. The van der Waals surface area contributed by atoms with E-state index < -0.39 is 12.1 Å². The molecule has 1 rings (SSSR count). The minimum Gasteiger partial charge on any atom is -0.469 e. The monoisotopic (exact) mass is 215 g/mol. The standard InChI is InChI=1S/C10H17NO4/c1-15-10(14)6-9(13)11-7-4-2-3-5-8(7)12/h7-8,12H,2-6H2,1H3,(H,11,13)/t7-,8-/m1/s1. The number of carbonyl (C=O) groups is 2. The Bertz CT molecular complexity index is 242. The van der Waals surface area contributed by atoms with Crippen LogP contribution in [0.2, 0.25) is 0 Å². The van der Waals surface area contributed by atoms with Crippen LogP contribution >= 0.6 is 0 Å². The molecule has 0 aromatic heterocycles. The number of aliphatic hydroxyl groups is 1. The number of aliphatic hydroxyl groups excluding tert-OH is 1. The lowest BCUT2D eigenvalue weighted by atomic mass is 9.92. The smallest absolute Gasteiger partial charge is 0.315 e. The minimum atomic E-state index is -0.558. The fourth-order valence-corrected chi connectivity index (χ4v) is 1.74. The second-order valence-corrected chi connectivity index (χ2v) is 3.78. The van der Waals surface area contributed by atoms with Crippen LogP contribution in [0.5, 0.6) is 0 Å². The second kappa shape index (κ2) is 5.70. The quantitative estimate of drug-likeness (QED) is 0.512. The van der Waals surface area contributed by atoms with Gasteiger partial charge in [0.2, 0.25) is 5.91 Å². The van der Waals surface area contributed by atoms with Gasteiger partial charge in [-0.3, -0.25) is 9.59 Å². The summed E-state index contributed by atoms with van der Waals surface area (Å²) in [6.07, 6.45) is 2.71.